The van der Waals surface area contributed by atoms with E-state index in [4.69, 9.17) is 22.1 Å². The van der Waals surface area contributed by atoms with E-state index >= 15 is 0 Å². The van der Waals surface area contributed by atoms with Crippen molar-refractivity contribution in [2.24, 2.45) is 5.73 Å². The first-order chi connectivity index (χ1) is 8.59. The Morgan fingerprint density at radius 1 is 1.44 bits per heavy atom. The summed E-state index contributed by atoms with van der Waals surface area (Å²) in [6, 6.07) is 7.86. The van der Waals surface area contributed by atoms with Crippen molar-refractivity contribution >= 4 is 11.6 Å². The zero-order valence-electron chi connectivity index (χ0n) is 11.0. The molecule has 1 saturated heterocycles. The van der Waals surface area contributed by atoms with Gasteiger partial charge in [-0.25, -0.2) is 0 Å². The second kappa shape index (κ2) is 6.05. The quantitative estimate of drug-likeness (QED) is 0.879. The first-order valence-corrected chi connectivity index (χ1v) is 7.13. The minimum Gasteiger partial charge on any atom is -0.378 e. The molecular formula is C15H22ClNO. The highest BCUT2D eigenvalue weighted by atomic mass is 35.5. The fourth-order valence-electron chi connectivity index (χ4n) is 2.63. The molecule has 1 aromatic carbocycles. The molecule has 2 N–H and O–H groups in total. The van der Waals surface area contributed by atoms with Crippen LogP contribution in [0.4, 0.5) is 0 Å². The van der Waals surface area contributed by atoms with Gasteiger partial charge in [-0.2, -0.15) is 0 Å². The first kappa shape index (κ1) is 13.9. The summed E-state index contributed by atoms with van der Waals surface area (Å²) in [5.74, 6) is 0. The molecule has 0 bridgehead atoms. The average Bonchev–Trinajstić information content (AvgIpc) is 2.82. The summed E-state index contributed by atoms with van der Waals surface area (Å²) in [4.78, 5) is 0. The number of rotatable bonds is 5. The second-order valence-electron chi connectivity index (χ2n) is 5.42. The fraction of sp³-hybridized carbons (Fsp3) is 0.600. The highest BCUT2D eigenvalue weighted by Crippen LogP contribution is 2.30. The van der Waals surface area contributed by atoms with Crippen molar-refractivity contribution in [1.82, 2.24) is 0 Å². The van der Waals surface area contributed by atoms with E-state index in [1.54, 1.807) is 0 Å². The van der Waals surface area contributed by atoms with Crippen LogP contribution in [0.1, 0.15) is 44.6 Å². The summed E-state index contributed by atoms with van der Waals surface area (Å²) >= 11 is 6.21. The van der Waals surface area contributed by atoms with Crippen molar-refractivity contribution in [2.75, 3.05) is 6.61 Å². The Hall–Kier alpha value is -0.570. The van der Waals surface area contributed by atoms with E-state index in [9.17, 15) is 0 Å². The van der Waals surface area contributed by atoms with Crippen LogP contribution in [0, 0.1) is 0 Å². The van der Waals surface area contributed by atoms with Crippen LogP contribution < -0.4 is 5.73 Å². The summed E-state index contributed by atoms with van der Waals surface area (Å²) in [6.07, 6.45) is 5.99. The third-order valence-corrected chi connectivity index (χ3v) is 4.06. The van der Waals surface area contributed by atoms with E-state index in [1.165, 1.54) is 12.8 Å². The van der Waals surface area contributed by atoms with Gasteiger partial charge in [0.2, 0.25) is 0 Å². The van der Waals surface area contributed by atoms with E-state index in [0.29, 0.717) is 6.10 Å². The Morgan fingerprint density at radius 3 is 2.89 bits per heavy atom. The molecule has 3 heteroatoms. The van der Waals surface area contributed by atoms with E-state index in [1.807, 2.05) is 24.3 Å². The summed E-state index contributed by atoms with van der Waals surface area (Å²) in [6.45, 7) is 2.98. The van der Waals surface area contributed by atoms with E-state index in [0.717, 1.165) is 36.5 Å². The number of halogens is 1. The SMILES string of the molecule is CC(N)(CCCC1CCCO1)c1ccccc1Cl. The number of ether oxygens (including phenoxy) is 1. The molecule has 100 valence electrons. The maximum Gasteiger partial charge on any atom is 0.0576 e. The lowest BCUT2D eigenvalue weighted by Gasteiger charge is -2.26. The third-order valence-electron chi connectivity index (χ3n) is 3.74. The van der Waals surface area contributed by atoms with Gasteiger partial charge in [-0.3, -0.25) is 0 Å². The zero-order valence-corrected chi connectivity index (χ0v) is 11.7. The van der Waals surface area contributed by atoms with Crippen molar-refractivity contribution in [2.45, 2.75) is 50.7 Å². The molecule has 2 unspecified atom stereocenters. The average molecular weight is 268 g/mol. The molecule has 0 amide bonds. The summed E-state index contributed by atoms with van der Waals surface area (Å²) < 4.78 is 5.63. The smallest absolute Gasteiger partial charge is 0.0576 e. The van der Waals surface area contributed by atoms with Crippen LogP contribution in [0.3, 0.4) is 0 Å². The lowest BCUT2D eigenvalue weighted by molar-refractivity contribution is 0.100. The number of benzene rings is 1. The van der Waals surface area contributed by atoms with E-state index in [2.05, 4.69) is 6.92 Å². The third kappa shape index (κ3) is 3.47. The van der Waals surface area contributed by atoms with Gasteiger partial charge in [0.05, 0.1) is 6.10 Å². The predicted octanol–water partition coefficient (Wildman–Crippen LogP) is 3.86. The van der Waals surface area contributed by atoms with Gasteiger partial charge in [0.1, 0.15) is 0 Å². The Bertz CT molecular complexity index is 386. The molecule has 0 spiro atoms. The second-order valence-corrected chi connectivity index (χ2v) is 5.83. The molecule has 0 aromatic heterocycles. The Balaban J connectivity index is 1.88. The highest BCUT2D eigenvalue weighted by Gasteiger charge is 2.24. The molecule has 1 heterocycles. The summed E-state index contributed by atoms with van der Waals surface area (Å²) in [7, 11) is 0. The minimum absolute atomic E-state index is 0.350. The van der Waals surface area contributed by atoms with Gasteiger partial charge >= 0.3 is 0 Å². The van der Waals surface area contributed by atoms with Crippen LogP contribution in [0.15, 0.2) is 24.3 Å². The van der Waals surface area contributed by atoms with Crippen molar-refractivity contribution < 1.29 is 4.74 Å². The summed E-state index contributed by atoms with van der Waals surface area (Å²) in [5.41, 5.74) is 7.09. The molecule has 2 nitrogen and oxygen atoms in total. The number of nitrogens with two attached hydrogens (primary N) is 1. The molecule has 1 aliphatic rings. The van der Waals surface area contributed by atoms with Gasteiger partial charge < -0.3 is 10.5 Å². The molecule has 0 saturated carbocycles. The van der Waals surface area contributed by atoms with Crippen molar-refractivity contribution in [3.8, 4) is 0 Å². The van der Waals surface area contributed by atoms with Gasteiger partial charge in [0.15, 0.2) is 0 Å². The van der Waals surface area contributed by atoms with Crippen LogP contribution in [0.2, 0.25) is 5.02 Å². The van der Waals surface area contributed by atoms with Crippen LogP contribution in [-0.2, 0) is 10.3 Å². The number of hydrogen-bond donors (Lipinski definition) is 1. The molecule has 2 atom stereocenters. The van der Waals surface area contributed by atoms with Crippen molar-refractivity contribution in [3.05, 3.63) is 34.9 Å². The zero-order chi connectivity index (χ0) is 13.0. The topological polar surface area (TPSA) is 35.2 Å². The van der Waals surface area contributed by atoms with Gasteiger partial charge in [0, 0.05) is 17.2 Å². The highest BCUT2D eigenvalue weighted by molar-refractivity contribution is 6.31. The van der Waals surface area contributed by atoms with Crippen molar-refractivity contribution in [1.29, 1.82) is 0 Å². The molecule has 1 aliphatic heterocycles. The Morgan fingerprint density at radius 2 is 2.22 bits per heavy atom. The molecule has 0 aliphatic carbocycles. The Kier molecular flexibility index (Phi) is 4.66. The van der Waals surface area contributed by atoms with Crippen LogP contribution in [0.25, 0.3) is 0 Å². The summed E-state index contributed by atoms with van der Waals surface area (Å²) in [5, 5.41) is 0.764. The number of hydrogen-bond acceptors (Lipinski definition) is 2. The molecule has 2 rings (SSSR count). The normalized spacial score (nSPS) is 22.9. The van der Waals surface area contributed by atoms with Crippen molar-refractivity contribution in [3.63, 3.8) is 0 Å². The maximum atomic E-state index is 6.40. The standard InChI is InChI=1S/C15H22ClNO/c1-15(17,13-8-2-3-9-14(13)16)10-4-6-12-7-5-11-18-12/h2-3,8-9,12H,4-7,10-11,17H2,1H3. The van der Waals surface area contributed by atoms with Crippen LogP contribution in [-0.4, -0.2) is 12.7 Å². The van der Waals surface area contributed by atoms with Gasteiger partial charge in [-0.15, -0.1) is 0 Å². The fourth-order valence-corrected chi connectivity index (χ4v) is 2.98. The Labute approximate surface area is 114 Å². The molecule has 1 fully saturated rings. The molecule has 0 radical (unpaired) electrons. The molecule has 18 heavy (non-hydrogen) atoms. The largest absolute Gasteiger partial charge is 0.378 e. The predicted molar refractivity (Wildman–Crippen MR) is 75.8 cm³/mol. The van der Waals surface area contributed by atoms with Gasteiger partial charge in [-0.05, 0) is 50.7 Å². The monoisotopic (exact) mass is 267 g/mol. The van der Waals surface area contributed by atoms with Gasteiger partial charge in [-0.1, -0.05) is 29.8 Å². The lowest BCUT2D eigenvalue weighted by Crippen LogP contribution is -2.33. The molecule has 1 aromatic rings. The van der Waals surface area contributed by atoms with E-state index in [-0.39, 0.29) is 5.54 Å². The minimum atomic E-state index is -0.350. The van der Waals surface area contributed by atoms with Crippen LogP contribution >= 0.6 is 11.6 Å². The lowest BCUT2D eigenvalue weighted by atomic mass is 9.87. The molecular weight excluding hydrogens is 246 g/mol. The first-order valence-electron chi connectivity index (χ1n) is 6.75. The van der Waals surface area contributed by atoms with Crippen LogP contribution in [0.5, 0.6) is 0 Å². The van der Waals surface area contributed by atoms with E-state index < -0.39 is 0 Å². The van der Waals surface area contributed by atoms with Gasteiger partial charge in [0.25, 0.3) is 0 Å². The maximum absolute atomic E-state index is 6.40.